The fourth-order valence-corrected chi connectivity index (χ4v) is 4.43. The third-order valence-corrected chi connectivity index (χ3v) is 6.43. The summed E-state index contributed by atoms with van der Waals surface area (Å²) in [4.78, 5) is 15.4. The number of nitrogens with zero attached hydrogens (tertiary/aromatic N) is 2. The number of carboxylic acid groups (broad SMARTS) is 1. The lowest BCUT2D eigenvalue weighted by Crippen LogP contribution is -2.22. The largest absolute Gasteiger partial charge is 0.481 e. The lowest BCUT2D eigenvalue weighted by atomic mass is 9.70. The molecule has 1 N–H and O–H groups in total. The van der Waals surface area contributed by atoms with E-state index in [1.54, 1.807) is 0 Å². The molecule has 1 aliphatic carbocycles. The molecule has 4 nitrogen and oxygen atoms in total. The Morgan fingerprint density at radius 1 is 1.18 bits per heavy atom. The number of hydrogen-bond donors (Lipinski definition) is 1. The maximum atomic E-state index is 10.7. The van der Waals surface area contributed by atoms with Crippen molar-refractivity contribution in [1.29, 1.82) is 0 Å². The van der Waals surface area contributed by atoms with Crippen molar-refractivity contribution in [3.63, 3.8) is 0 Å². The van der Waals surface area contributed by atoms with Gasteiger partial charge < -0.3 is 5.11 Å². The van der Waals surface area contributed by atoms with Crippen LogP contribution in [0.2, 0.25) is 10.0 Å². The minimum absolute atomic E-state index is 0.274. The summed E-state index contributed by atoms with van der Waals surface area (Å²) >= 11 is 12.4. The van der Waals surface area contributed by atoms with E-state index in [0.717, 1.165) is 48.2 Å². The molecule has 0 saturated heterocycles. The second-order valence-electron chi connectivity index (χ2n) is 7.53. The Kier molecular flexibility index (Phi) is 5.35. The Balaban J connectivity index is 1.56. The standard InChI is InChI=1S/C22H22Cl2N2O2/c1-2-21-25-19-11-17(23)18(24)12-20(19)26(21)16-6-4-14(5-7-16)15-9-13(10-15)3-8-22(27)28/h4-7,11-13,15H,2-3,8-10H2,1H3,(H,27,28). The Morgan fingerprint density at radius 2 is 1.86 bits per heavy atom. The second kappa shape index (κ2) is 7.76. The first-order valence-corrected chi connectivity index (χ1v) is 10.4. The van der Waals surface area contributed by atoms with E-state index in [1.165, 1.54) is 5.56 Å². The van der Waals surface area contributed by atoms with E-state index in [0.29, 0.717) is 21.9 Å². The number of carboxylic acids is 1. The minimum Gasteiger partial charge on any atom is -0.481 e. The topological polar surface area (TPSA) is 55.1 Å². The number of hydrogen-bond acceptors (Lipinski definition) is 2. The van der Waals surface area contributed by atoms with Crippen LogP contribution < -0.4 is 0 Å². The van der Waals surface area contributed by atoms with Gasteiger partial charge in [0.15, 0.2) is 0 Å². The Hall–Kier alpha value is -2.04. The van der Waals surface area contributed by atoms with E-state index in [9.17, 15) is 4.79 Å². The van der Waals surface area contributed by atoms with Crippen molar-refractivity contribution in [2.75, 3.05) is 0 Å². The van der Waals surface area contributed by atoms with E-state index >= 15 is 0 Å². The number of aryl methyl sites for hydroxylation is 1. The van der Waals surface area contributed by atoms with Crippen molar-refractivity contribution >= 4 is 40.2 Å². The molecule has 2 aromatic carbocycles. The molecule has 28 heavy (non-hydrogen) atoms. The molecule has 0 radical (unpaired) electrons. The van der Waals surface area contributed by atoms with Gasteiger partial charge in [-0.05, 0) is 60.9 Å². The fourth-order valence-electron chi connectivity index (χ4n) is 4.11. The summed E-state index contributed by atoms with van der Waals surface area (Å²) in [7, 11) is 0. The van der Waals surface area contributed by atoms with Crippen LogP contribution in [0.5, 0.6) is 0 Å². The molecule has 0 atom stereocenters. The van der Waals surface area contributed by atoms with Crippen LogP contribution in [0.4, 0.5) is 0 Å². The van der Waals surface area contributed by atoms with Gasteiger partial charge in [0.25, 0.3) is 0 Å². The predicted octanol–water partition coefficient (Wildman–Crippen LogP) is 6.25. The van der Waals surface area contributed by atoms with E-state index in [2.05, 4.69) is 35.8 Å². The molecule has 1 aromatic heterocycles. The van der Waals surface area contributed by atoms with Crippen LogP contribution in [0.1, 0.15) is 49.9 Å². The van der Waals surface area contributed by atoms with Gasteiger partial charge in [-0.2, -0.15) is 0 Å². The van der Waals surface area contributed by atoms with Crippen LogP contribution in [0.15, 0.2) is 36.4 Å². The summed E-state index contributed by atoms with van der Waals surface area (Å²) < 4.78 is 2.14. The van der Waals surface area contributed by atoms with Gasteiger partial charge in [0.2, 0.25) is 0 Å². The fraction of sp³-hybridized carbons (Fsp3) is 0.364. The number of carbonyl (C=O) groups is 1. The maximum absolute atomic E-state index is 10.7. The van der Waals surface area contributed by atoms with Gasteiger partial charge in [0.05, 0.1) is 21.1 Å². The van der Waals surface area contributed by atoms with E-state index in [1.807, 2.05) is 12.1 Å². The summed E-state index contributed by atoms with van der Waals surface area (Å²) in [5.41, 5.74) is 4.18. The Morgan fingerprint density at radius 3 is 2.50 bits per heavy atom. The predicted molar refractivity (Wildman–Crippen MR) is 113 cm³/mol. The van der Waals surface area contributed by atoms with Crippen LogP contribution in [0.3, 0.4) is 0 Å². The van der Waals surface area contributed by atoms with Gasteiger partial charge in [-0.1, -0.05) is 42.3 Å². The quantitative estimate of drug-likeness (QED) is 0.516. The van der Waals surface area contributed by atoms with Crippen LogP contribution in [-0.2, 0) is 11.2 Å². The van der Waals surface area contributed by atoms with Gasteiger partial charge in [-0.25, -0.2) is 4.98 Å². The molecule has 0 bridgehead atoms. The molecule has 1 fully saturated rings. The molecule has 1 aliphatic rings. The molecule has 0 unspecified atom stereocenters. The van der Waals surface area contributed by atoms with Crippen molar-refractivity contribution in [1.82, 2.24) is 9.55 Å². The van der Waals surface area contributed by atoms with Crippen LogP contribution in [0, 0.1) is 5.92 Å². The second-order valence-corrected chi connectivity index (χ2v) is 8.34. The molecule has 1 saturated carbocycles. The summed E-state index contributed by atoms with van der Waals surface area (Å²) in [6.45, 7) is 2.08. The van der Waals surface area contributed by atoms with Crippen LogP contribution in [0.25, 0.3) is 16.7 Å². The third kappa shape index (κ3) is 3.63. The highest BCUT2D eigenvalue weighted by Crippen LogP contribution is 2.44. The third-order valence-electron chi connectivity index (χ3n) is 5.71. The van der Waals surface area contributed by atoms with Crippen molar-refractivity contribution < 1.29 is 9.90 Å². The Labute approximate surface area is 174 Å². The van der Waals surface area contributed by atoms with Gasteiger partial charge >= 0.3 is 5.97 Å². The maximum Gasteiger partial charge on any atom is 0.303 e. The number of rotatable bonds is 6. The molecule has 1 heterocycles. The summed E-state index contributed by atoms with van der Waals surface area (Å²) in [5.74, 6) is 1.34. The zero-order valence-electron chi connectivity index (χ0n) is 15.7. The minimum atomic E-state index is -0.700. The van der Waals surface area contributed by atoms with Gasteiger partial charge in [0, 0.05) is 18.5 Å². The highest BCUT2D eigenvalue weighted by atomic mass is 35.5. The molecule has 146 valence electrons. The molecule has 0 aliphatic heterocycles. The highest BCUT2D eigenvalue weighted by molar-refractivity contribution is 6.42. The normalized spacial score (nSPS) is 19.0. The number of benzene rings is 2. The summed E-state index contributed by atoms with van der Waals surface area (Å²) in [6.07, 6.45) is 4.02. The van der Waals surface area contributed by atoms with Crippen LogP contribution in [-0.4, -0.2) is 20.6 Å². The smallest absolute Gasteiger partial charge is 0.303 e. The number of aliphatic carboxylic acids is 1. The number of aromatic nitrogens is 2. The zero-order valence-corrected chi connectivity index (χ0v) is 17.2. The molecular formula is C22H22Cl2N2O2. The average Bonchev–Trinajstić information content (AvgIpc) is 2.98. The molecule has 0 spiro atoms. The van der Waals surface area contributed by atoms with Crippen molar-refractivity contribution in [3.05, 3.63) is 57.8 Å². The lowest BCUT2D eigenvalue weighted by Gasteiger charge is -2.35. The average molecular weight is 417 g/mol. The summed E-state index contributed by atoms with van der Waals surface area (Å²) in [5, 5.41) is 9.85. The first-order valence-electron chi connectivity index (χ1n) is 9.64. The van der Waals surface area contributed by atoms with Crippen molar-refractivity contribution in [3.8, 4) is 5.69 Å². The molecule has 4 rings (SSSR count). The van der Waals surface area contributed by atoms with Gasteiger partial charge in [0.1, 0.15) is 5.82 Å². The number of imidazole rings is 1. The van der Waals surface area contributed by atoms with E-state index < -0.39 is 5.97 Å². The van der Waals surface area contributed by atoms with Crippen LogP contribution >= 0.6 is 23.2 Å². The molecule has 3 aromatic rings. The van der Waals surface area contributed by atoms with Gasteiger partial charge in [-0.3, -0.25) is 9.36 Å². The highest BCUT2D eigenvalue weighted by Gasteiger charge is 2.30. The summed E-state index contributed by atoms with van der Waals surface area (Å²) in [6, 6.07) is 12.3. The SMILES string of the molecule is CCc1nc2cc(Cl)c(Cl)cc2n1-c1ccc(C2CC(CCC(=O)O)C2)cc1. The molecule has 6 heteroatoms. The Bertz CT molecular complexity index is 1020. The first kappa shape index (κ1) is 19.3. The van der Waals surface area contributed by atoms with Crippen molar-refractivity contribution in [2.24, 2.45) is 5.92 Å². The van der Waals surface area contributed by atoms with Gasteiger partial charge in [-0.15, -0.1) is 0 Å². The number of fused-ring (bicyclic) bond motifs is 1. The monoisotopic (exact) mass is 416 g/mol. The number of halogens is 2. The lowest BCUT2D eigenvalue weighted by molar-refractivity contribution is -0.137. The molecule has 0 amide bonds. The zero-order chi connectivity index (χ0) is 19.8. The van der Waals surface area contributed by atoms with E-state index in [-0.39, 0.29) is 6.42 Å². The first-order chi connectivity index (χ1) is 13.5. The van der Waals surface area contributed by atoms with Crippen molar-refractivity contribution in [2.45, 2.75) is 44.9 Å². The van der Waals surface area contributed by atoms with E-state index in [4.69, 9.17) is 33.3 Å². The molecular weight excluding hydrogens is 395 g/mol.